The zero-order valence-electron chi connectivity index (χ0n) is 10.7. The van der Waals surface area contributed by atoms with E-state index in [1.807, 2.05) is 47.2 Å². The highest BCUT2D eigenvalue weighted by Gasteiger charge is 2.17. The molecular formula is C15H11NO2S2. The highest BCUT2D eigenvalue weighted by atomic mass is 32.1. The van der Waals surface area contributed by atoms with Crippen molar-refractivity contribution in [3.8, 4) is 26.9 Å². The molecule has 1 aromatic carbocycles. The van der Waals surface area contributed by atoms with Crippen molar-refractivity contribution in [3.05, 3.63) is 47.2 Å². The lowest BCUT2D eigenvalue weighted by Gasteiger charge is -2.00. The number of carbonyl (C=O) groups excluding carboxylic acids is 1. The highest BCUT2D eigenvalue weighted by Crippen LogP contribution is 2.40. The summed E-state index contributed by atoms with van der Waals surface area (Å²) in [4.78, 5) is 15.9. The first kappa shape index (κ1) is 13.0. The average molecular weight is 301 g/mol. The maximum Gasteiger partial charge on any atom is 0.308 e. The molecule has 0 saturated carbocycles. The third-order valence-corrected chi connectivity index (χ3v) is 4.31. The quantitative estimate of drug-likeness (QED) is 0.670. The maximum absolute atomic E-state index is 11.3. The molecule has 0 fully saturated rings. The molecule has 0 bridgehead atoms. The second-order valence-corrected chi connectivity index (χ2v) is 5.87. The molecule has 0 aliphatic rings. The van der Waals surface area contributed by atoms with E-state index >= 15 is 0 Å². The normalized spacial score (nSPS) is 10.4. The van der Waals surface area contributed by atoms with Gasteiger partial charge in [-0.25, -0.2) is 4.98 Å². The summed E-state index contributed by atoms with van der Waals surface area (Å²) in [5, 5.41) is 5.45. The fourth-order valence-electron chi connectivity index (χ4n) is 1.79. The first-order chi connectivity index (χ1) is 9.74. The summed E-state index contributed by atoms with van der Waals surface area (Å²) in [5.41, 5.74) is 2.71. The minimum atomic E-state index is -0.331. The van der Waals surface area contributed by atoms with E-state index < -0.39 is 0 Å². The zero-order chi connectivity index (χ0) is 13.9. The number of hydrogen-bond acceptors (Lipinski definition) is 5. The number of esters is 1. The minimum absolute atomic E-state index is 0.331. The summed E-state index contributed by atoms with van der Waals surface area (Å²) in [6.07, 6.45) is 0. The van der Waals surface area contributed by atoms with Gasteiger partial charge in [0, 0.05) is 23.4 Å². The Hall–Kier alpha value is -1.98. The van der Waals surface area contributed by atoms with E-state index in [9.17, 15) is 4.79 Å². The summed E-state index contributed by atoms with van der Waals surface area (Å²) in [6.45, 7) is 1.40. The maximum atomic E-state index is 11.3. The van der Waals surface area contributed by atoms with Crippen LogP contribution in [-0.2, 0) is 4.79 Å². The van der Waals surface area contributed by atoms with Crippen molar-refractivity contribution in [1.82, 2.24) is 4.98 Å². The van der Waals surface area contributed by atoms with Crippen molar-refractivity contribution < 1.29 is 9.53 Å². The van der Waals surface area contributed by atoms with Gasteiger partial charge in [0.25, 0.3) is 0 Å². The van der Waals surface area contributed by atoms with Crippen LogP contribution in [0.25, 0.3) is 21.8 Å². The number of thiazole rings is 1. The number of carbonyl (C=O) groups is 1. The average Bonchev–Trinajstić information content (AvgIpc) is 3.08. The SMILES string of the molecule is CC(=O)Oc1sc(-c2ccsc2)nc1-c1ccccc1. The Morgan fingerprint density at radius 1 is 1.15 bits per heavy atom. The molecule has 3 rings (SSSR count). The van der Waals surface area contributed by atoms with Crippen molar-refractivity contribution >= 4 is 28.6 Å². The second-order valence-electron chi connectivity index (χ2n) is 4.13. The van der Waals surface area contributed by atoms with Gasteiger partial charge in [0.1, 0.15) is 10.7 Å². The number of thiophene rings is 1. The smallest absolute Gasteiger partial charge is 0.308 e. The fourth-order valence-corrected chi connectivity index (χ4v) is 3.49. The van der Waals surface area contributed by atoms with Crippen molar-refractivity contribution in [2.45, 2.75) is 6.92 Å². The molecule has 0 spiro atoms. The number of aromatic nitrogens is 1. The van der Waals surface area contributed by atoms with E-state index in [2.05, 4.69) is 4.98 Å². The van der Waals surface area contributed by atoms with E-state index in [1.54, 1.807) is 11.3 Å². The van der Waals surface area contributed by atoms with E-state index in [1.165, 1.54) is 18.3 Å². The number of benzene rings is 1. The van der Waals surface area contributed by atoms with E-state index in [-0.39, 0.29) is 5.97 Å². The summed E-state index contributed by atoms with van der Waals surface area (Å²) in [5.74, 6) is -0.331. The molecule has 0 saturated heterocycles. The third-order valence-electron chi connectivity index (χ3n) is 2.65. The Bertz CT molecular complexity index is 718. The van der Waals surface area contributed by atoms with Crippen LogP contribution in [0.1, 0.15) is 6.92 Å². The Morgan fingerprint density at radius 2 is 1.95 bits per heavy atom. The molecule has 3 aromatic rings. The molecule has 0 unspecified atom stereocenters. The summed E-state index contributed by atoms with van der Waals surface area (Å²) in [6, 6.07) is 11.8. The lowest BCUT2D eigenvalue weighted by molar-refractivity contribution is -0.131. The van der Waals surface area contributed by atoms with Crippen LogP contribution in [-0.4, -0.2) is 11.0 Å². The highest BCUT2D eigenvalue weighted by molar-refractivity contribution is 7.17. The van der Waals surface area contributed by atoms with E-state index in [0.717, 1.165) is 16.1 Å². The summed E-state index contributed by atoms with van der Waals surface area (Å²) in [7, 11) is 0. The molecule has 0 radical (unpaired) electrons. The molecule has 0 aliphatic heterocycles. The number of rotatable bonds is 3. The van der Waals surface area contributed by atoms with E-state index in [0.29, 0.717) is 10.8 Å². The Morgan fingerprint density at radius 3 is 2.60 bits per heavy atom. The molecule has 20 heavy (non-hydrogen) atoms. The third kappa shape index (κ3) is 2.64. The standard InChI is InChI=1S/C15H11NO2S2/c1-10(17)18-15-13(11-5-3-2-4-6-11)16-14(20-15)12-7-8-19-9-12/h2-9H,1H3. The van der Waals surface area contributed by atoms with Gasteiger partial charge < -0.3 is 4.74 Å². The summed E-state index contributed by atoms with van der Waals surface area (Å²) < 4.78 is 5.30. The van der Waals surface area contributed by atoms with Crippen LogP contribution in [0.4, 0.5) is 0 Å². The molecule has 2 aromatic heterocycles. The topological polar surface area (TPSA) is 39.2 Å². The monoisotopic (exact) mass is 301 g/mol. The Labute approximate surface area is 124 Å². The lowest BCUT2D eigenvalue weighted by Crippen LogP contribution is -2.00. The van der Waals surface area contributed by atoms with Crippen LogP contribution in [0.3, 0.4) is 0 Å². The van der Waals surface area contributed by atoms with Gasteiger partial charge in [-0.2, -0.15) is 11.3 Å². The predicted molar refractivity (Wildman–Crippen MR) is 82.2 cm³/mol. The van der Waals surface area contributed by atoms with Crippen molar-refractivity contribution in [2.75, 3.05) is 0 Å². The molecular weight excluding hydrogens is 290 g/mol. The largest absolute Gasteiger partial charge is 0.413 e. The first-order valence-corrected chi connectivity index (χ1v) is 7.77. The number of nitrogens with zero attached hydrogens (tertiary/aromatic N) is 1. The van der Waals surface area contributed by atoms with E-state index in [4.69, 9.17) is 4.74 Å². The van der Waals surface area contributed by atoms with Gasteiger partial charge in [-0.15, -0.1) is 0 Å². The van der Waals surface area contributed by atoms with Gasteiger partial charge in [0.2, 0.25) is 5.06 Å². The van der Waals surface area contributed by atoms with Gasteiger partial charge >= 0.3 is 5.97 Å². The number of ether oxygens (including phenoxy) is 1. The molecule has 2 heterocycles. The molecule has 5 heteroatoms. The molecule has 0 amide bonds. The fraction of sp³-hybridized carbons (Fsp3) is 0.0667. The Kier molecular flexibility index (Phi) is 3.62. The van der Waals surface area contributed by atoms with Crippen LogP contribution < -0.4 is 4.74 Å². The van der Waals surface area contributed by atoms with Crippen LogP contribution in [0.2, 0.25) is 0 Å². The van der Waals surface area contributed by atoms with Gasteiger partial charge in [0.15, 0.2) is 0 Å². The molecule has 3 nitrogen and oxygen atoms in total. The van der Waals surface area contributed by atoms with Crippen molar-refractivity contribution in [2.24, 2.45) is 0 Å². The van der Waals surface area contributed by atoms with Gasteiger partial charge in [-0.05, 0) is 11.4 Å². The van der Waals surface area contributed by atoms with Gasteiger partial charge in [-0.1, -0.05) is 41.7 Å². The molecule has 0 atom stereocenters. The van der Waals surface area contributed by atoms with Gasteiger partial charge in [0.05, 0.1) is 0 Å². The van der Waals surface area contributed by atoms with Crippen LogP contribution in [0, 0.1) is 0 Å². The van der Waals surface area contributed by atoms with Gasteiger partial charge in [-0.3, -0.25) is 4.79 Å². The van der Waals surface area contributed by atoms with Crippen molar-refractivity contribution in [1.29, 1.82) is 0 Å². The van der Waals surface area contributed by atoms with Crippen LogP contribution in [0.5, 0.6) is 5.06 Å². The van der Waals surface area contributed by atoms with Crippen LogP contribution >= 0.6 is 22.7 Å². The van der Waals surface area contributed by atoms with Crippen molar-refractivity contribution in [3.63, 3.8) is 0 Å². The molecule has 100 valence electrons. The Balaban J connectivity index is 2.09. The first-order valence-electron chi connectivity index (χ1n) is 6.01. The summed E-state index contributed by atoms with van der Waals surface area (Å²) >= 11 is 3.01. The molecule has 0 aliphatic carbocycles. The van der Waals surface area contributed by atoms with Crippen LogP contribution in [0.15, 0.2) is 47.2 Å². The predicted octanol–water partition coefficient (Wildman–Crippen LogP) is 4.46. The lowest BCUT2D eigenvalue weighted by atomic mass is 10.2. The minimum Gasteiger partial charge on any atom is -0.413 e. The zero-order valence-corrected chi connectivity index (χ0v) is 12.3. The molecule has 0 N–H and O–H groups in total. The number of hydrogen-bond donors (Lipinski definition) is 0. The second kappa shape index (κ2) is 5.56.